The van der Waals surface area contributed by atoms with Gasteiger partial charge in [0.25, 0.3) is 0 Å². The predicted octanol–water partition coefficient (Wildman–Crippen LogP) is 2.92. The monoisotopic (exact) mass is 397 g/mol. The summed E-state index contributed by atoms with van der Waals surface area (Å²) in [4.78, 5) is 28.8. The maximum atomic E-state index is 12.6. The van der Waals surface area contributed by atoms with Gasteiger partial charge in [-0.1, -0.05) is 25.1 Å². The van der Waals surface area contributed by atoms with Gasteiger partial charge in [0.2, 0.25) is 11.8 Å². The first kappa shape index (κ1) is 19.5. The van der Waals surface area contributed by atoms with E-state index in [0.717, 1.165) is 17.7 Å². The predicted molar refractivity (Wildman–Crippen MR) is 105 cm³/mol. The minimum atomic E-state index is -0.937. The zero-order valence-corrected chi connectivity index (χ0v) is 16.7. The Morgan fingerprint density at radius 1 is 1.15 bits per heavy atom. The van der Waals surface area contributed by atoms with Crippen LogP contribution in [0.4, 0.5) is 5.69 Å². The van der Waals surface area contributed by atoms with Gasteiger partial charge in [0.1, 0.15) is 4.33 Å². The number of nitrogens with one attached hydrogen (secondary N) is 1. The quantitative estimate of drug-likeness (QED) is 0.777. The normalized spacial score (nSPS) is 25.0. The summed E-state index contributed by atoms with van der Waals surface area (Å²) in [5.74, 6) is -0.0103. The third-order valence-corrected chi connectivity index (χ3v) is 6.53. The van der Waals surface area contributed by atoms with Gasteiger partial charge < -0.3 is 10.2 Å². The molecule has 142 valence electrons. The molecule has 0 aromatic heterocycles. The Balaban J connectivity index is 1.48. The molecule has 1 saturated heterocycles. The molecular formula is C19H25Cl2N3O2. The number of carbonyl (C=O) groups excluding carboxylic acids is 2. The molecule has 0 radical (unpaired) electrons. The molecular weight excluding hydrogens is 373 g/mol. The lowest BCUT2D eigenvalue weighted by Gasteiger charge is -2.36. The van der Waals surface area contributed by atoms with Crippen molar-refractivity contribution in [2.24, 2.45) is 5.41 Å². The molecule has 1 aromatic rings. The lowest BCUT2D eigenvalue weighted by molar-refractivity contribution is -0.138. The summed E-state index contributed by atoms with van der Waals surface area (Å²) in [6, 6.07) is 7.84. The van der Waals surface area contributed by atoms with E-state index in [9.17, 15) is 9.59 Å². The highest BCUT2D eigenvalue weighted by Gasteiger charge is 2.68. The first-order valence-electron chi connectivity index (χ1n) is 9.04. The summed E-state index contributed by atoms with van der Waals surface area (Å²) < 4.78 is -0.937. The van der Waals surface area contributed by atoms with Gasteiger partial charge in [0, 0.05) is 31.9 Å². The minimum absolute atomic E-state index is 0.0171. The van der Waals surface area contributed by atoms with E-state index in [0.29, 0.717) is 39.1 Å². The van der Waals surface area contributed by atoms with E-state index < -0.39 is 9.75 Å². The van der Waals surface area contributed by atoms with Crippen molar-refractivity contribution < 1.29 is 9.59 Å². The van der Waals surface area contributed by atoms with Crippen molar-refractivity contribution in [1.29, 1.82) is 0 Å². The number of hydrogen-bond acceptors (Lipinski definition) is 3. The van der Waals surface area contributed by atoms with Crippen molar-refractivity contribution in [3.05, 3.63) is 29.8 Å². The molecule has 0 bridgehead atoms. The molecule has 5 nitrogen and oxygen atoms in total. The number of nitrogens with zero attached hydrogens (tertiary/aromatic N) is 2. The average Bonchev–Trinajstić information content (AvgIpc) is 3.14. The maximum Gasteiger partial charge on any atom is 0.238 e. The number of rotatable bonds is 5. The number of alkyl halides is 2. The maximum absolute atomic E-state index is 12.6. The van der Waals surface area contributed by atoms with Crippen molar-refractivity contribution in [1.82, 2.24) is 9.80 Å². The molecule has 2 amide bonds. The molecule has 1 aliphatic carbocycles. The first-order valence-corrected chi connectivity index (χ1v) is 9.80. The number of hydrogen-bond donors (Lipinski definition) is 1. The molecule has 1 atom stereocenters. The van der Waals surface area contributed by atoms with Crippen LogP contribution in [0.25, 0.3) is 0 Å². The van der Waals surface area contributed by atoms with Gasteiger partial charge in [-0.3, -0.25) is 14.5 Å². The molecule has 1 unspecified atom stereocenters. The van der Waals surface area contributed by atoms with Crippen LogP contribution in [0.3, 0.4) is 0 Å². The number of carbonyl (C=O) groups is 2. The van der Waals surface area contributed by atoms with Gasteiger partial charge >= 0.3 is 0 Å². The van der Waals surface area contributed by atoms with Crippen LogP contribution in [-0.2, 0) is 16.0 Å². The van der Waals surface area contributed by atoms with Crippen molar-refractivity contribution in [2.75, 3.05) is 38.0 Å². The highest BCUT2D eigenvalue weighted by atomic mass is 35.5. The number of piperazine rings is 1. The fourth-order valence-corrected chi connectivity index (χ4v) is 4.13. The number of aryl methyl sites for hydroxylation is 1. The Hall–Kier alpha value is -1.30. The van der Waals surface area contributed by atoms with E-state index in [2.05, 4.69) is 17.1 Å². The largest absolute Gasteiger partial charge is 0.340 e. The molecule has 26 heavy (non-hydrogen) atoms. The molecule has 7 heteroatoms. The molecule has 1 aromatic carbocycles. The standard InChI is InChI=1S/C19H25Cl2N3O2/c1-3-14-6-4-5-7-15(14)22-16(25)12-23-8-10-24(11-9-23)17(26)18(2)13-19(18,20)21/h4-7H,3,8-13H2,1-2H3,(H,22,25). The SMILES string of the molecule is CCc1ccccc1NC(=O)CN1CCN(C(=O)C2(C)CC2(Cl)Cl)CC1. The van der Waals surface area contributed by atoms with Crippen LogP contribution in [-0.4, -0.2) is 58.7 Å². The molecule has 1 heterocycles. The summed E-state index contributed by atoms with van der Waals surface area (Å²) >= 11 is 12.2. The molecule has 2 aliphatic rings. The zero-order valence-electron chi connectivity index (χ0n) is 15.2. The summed E-state index contributed by atoms with van der Waals surface area (Å²) in [5, 5.41) is 2.99. The number of amides is 2. The second kappa shape index (κ2) is 7.37. The van der Waals surface area contributed by atoms with Gasteiger partial charge in [-0.2, -0.15) is 0 Å². The second-order valence-electron chi connectivity index (χ2n) is 7.34. The van der Waals surface area contributed by atoms with Crippen molar-refractivity contribution in [3.63, 3.8) is 0 Å². The van der Waals surface area contributed by atoms with Crippen LogP contribution in [0.2, 0.25) is 0 Å². The van der Waals surface area contributed by atoms with Gasteiger partial charge in [0.15, 0.2) is 0 Å². The van der Waals surface area contributed by atoms with Crippen LogP contribution >= 0.6 is 23.2 Å². The summed E-state index contributed by atoms with van der Waals surface area (Å²) in [7, 11) is 0. The topological polar surface area (TPSA) is 52.7 Å². The Kier molecular flexibility index (Phi) is 5.52. The van der Waals surface area contributed by atoms with E-state index in [1.165, 1.54) is 0 Å². The van der Waals surface area contributed by atoms with E-state index in [1.54, 1.807) is 0 Å². The third-order valence-electron chi connectivity index (χ3n) is 5.43. The van der Waals surface area contributed by atoms with E-state index >= 15 is 0 Å². The highest BCUT2D eigenvalue weighted by molar-refractivity contribution is 6.53. The number of anilines is 1. The number of benzene rings is 1. The van der Waals surface area contributed by atoms with E-state index in [1.807, 2.05) is 36.1 Å². The van der Waals surface area contributed by atoms with E-state index in [4.69, 9.17) is 23.2 Å². The molecule has 1 saturated carbocycles. The lowest BCUT2D eigenvalue weighted by atomic mass is 10.1. The summed E-state index contributed by atoms with van der Waals surface area (Å²) in [6.45, 7) is 6.74. The van der Waals surface area contributed by atoms with E-state index in [-0.39, 0.29) is 11.8 Å². The van der Waals surface area contributed by atoms with Crippen molar-refractivity contribution in [3.8, 4) is 0 Å². The van der Waals surface area contributed by atoms with Gasteiger partial charge in [-0.25, -0.2) is 0 Å². The van der Waals surface area contributed by atoms with Crippen LogP contribution in [0, 0.1) is 5.41 Å². The van der Waals surface area contributed by atoms with Crippen LogP contribution in [0.5, 0.6) is 0 Å². The summed E-state index contributed by atoms with van der Waals surface area (Å²) in [6.07, 6.45) is 1.38. The van der Waals surface area contributed by atoms with Gasteiger partial charge in [0.05, 0.1) is 12.0 Å². The number of halogens is 2. The summed E-state index contributed by atoms with van der Waals surface area (Å²) in [5.41, 5.74) is 1.33. The minimum Gasteiger partial charge on any atom is -0.340 e. The Bertz CT molecular complexity index is 702. The lowest BCUT2D eigenvalue weighted by Crippen LogP contribution is -2.52. The zero-order chi connectivity index (χ0) is 18.9. The highest BCUT2D eigenvalue weighted by Crippen LogP contribution is 2.64. The first-order chi connectivity index (χ1) is 12.3. The second-order valence-corrected chi connectivity index (χ2v) is 8.82. The Labute approximate surface area is 164 Å². The van der Waals surface area contributed by atoms with Gasteiger partial charge in [-0.15, -0.1) is 23.2 Å². The third kappa shape index (κ3) is 3.85. The molecule has 2 fully saturated rings. The van der Waals surface area contributed by atoms with Crippen molar-refractivity contribution >= 4 is 40.7 Å². The molecule has 1 aliphatic heterocycles. The molecule has 1 N–H and O–H groups in total. The van der Waals surface area contributed by atoms with Gasteiger partial charge in [-0.05, 0) is 31.4 Å². The molecule has 0 spiro atoms. The fourth-order valence-electron chi connectivity index (χ4n) is 3.43. The molecule has 3 rings (SSSR count). The van der Waals surface area contributed by atoms with Crippen LogP contribution in [0.15, 0.2) is 24.3 Å². The number of para-hydroxylation sites is 1. The average molecular weight is 398 g/mol. The Morgan fingerprint density at radius 2 is 1.77 bits per heavy atom. The van der Waals surface area contributed by atoms with Crippen LogP contribution < -0.4 is 5.32 Å². The van der Waals surface area contributed by atoms with Crippen LogP contribution in [0.1, 0.15) is 25.8 Å². The smallest absolute Gasteiger partial charge is 0.238 e. The Morgan fingerprint density at radius 3 is 2.35 bits per heavy atom. The van der Waals surface area contributed by atoms with Crippen molar-refractivity contribution in [2.45, 2.75) is 31.0 Å². The fraction of sp³-hybridized carbons (Fsp3) is 0.579.